The molecule has 0 amide bonds. The van der Waals surface area contributed by atoms with Crippen LogP contribution in [-0.2, 0) is 9.84 Å². The molecule has 0 bridgehead atoms. The summed E-state index contributed by atoms with van der Waals surface area (Å²) in [5, 5.41) is 0. The molecule has 108 valence electrons. The van der Waals surface area contributed by atoms with Gasteiger partial charge in [0.15, 0.2) is 0 Å². The van der Waals surface area contributed by atoms with E-state index in [2.05, 4.69) is 0 Å². The molecule has 1 aliphatic heterocycles. The summed E-state index contributed by atoms with van der Waals surface area (Å²) in [6, 6.07) is 12.9. The number of hydrogen-bond acceptors (Lipinski definition) is 3. The lowest BCUT2D eigenvalue weighted by molar-refractivity contribution is 0.359. The third-order valence-electron chi connectivity index (χ3n) is 3.49. The van der Waals surface area contributed by atoms with Gasteiger partial charge in [0.25, 0.3) is 0 Å². The number of benzene rings is 2. The van der Waals surface area contributed by atoms with Gasteiger partial charge in [0, 0.05) is 0 Å². The number of fused-ring (bicyclic) bond motifs is 1. The second kappa shape index (κ2) is 5.04. The highest BCUT2D eigenvalue weighted by atomic mass is 32.2. The number of ether oxygens (including phenoxy) is 1. The van der Waals surface area contributed by atoms with Gasteiger partial charge in [-0.15, -0.1) is 0 Å². The van der Waals surface area contributed by atoms with Gasteiger partial charge >= 0.3 is 0 Å². The van der Waals surface area contributed by atoms with E-state index >= 15 is 0 Å². The lowest BCUT2D eigenvalue weighted by Crippen LogP contribution is -2.09. The molecule has 2 aromatic carbocycles. The van der Waals surface area contributed by atoms with Crippen LogP contribution in [0.15, 0.2) is 52.3 Å². The average Bonchev–Trinajstić information content (AvgIpc) is 2.67. The zero-order chi connectivity index (χ0) is 15.0. The summed E-state index contributed by atoms with van der Waals surface area (Å²) in [5.41, 5.74) is 2.87. The second-order valence-corrected chi connectivity index (χ2v) is 7.23. The Morgan fingerprint density at radius 1 is 1.00 bits per heavy atom. The first-order valence-electron chi connectivity index (χ1n) is 6.72. The first-order chi connectivity index (χ1) is 9.96. The molecule has 2 aromatic rings. The zero-order valence-electron chi connectivity index (χ0n) is 12.0. The Hall–Kier alpha value is -2.07. The molecule has 1 heterocycles. The summed E-state index contributed by atoms with van der Waals surface area (Å²) in [5.74, 6) is 0.679. The van der Waals surface area contributed by atoms with Crippen molar-refractivity contribution in [2.45, 2.75) is 18.7 Å². The number of sulfone groups is 1. The van der Waals surface area contributed by atoms with Crippen molar-refractivity contribution in [3.05, 3.63) is 64.1 Å². The van der Waals surface area contributed by atoms with Crippen molar-refractivity contribution in [2.75, 3.05) is 6.61 Å². The maximum absolute atomic E-state index is 12.4. The highest BCUT2D eigenvalue weighted by Crippen LogP contribution is 2.33. The van der Waals surface area contributed by atoms with Crippen LogP contribution < -0.4 is 4.74 Å². The summed E-state index contributed by atoms with van der Waals surface area (Å²) in [6.45, 7) is 3.97. The Kier molecular flexibility index (Phi) is 3.33. The molecule has 4 heteroatoms. The standard InChI is InChI=1S/C17H16O3S/c1-12-4-3-5-15(9-12)20-11-16-10-14-8-13(2)6-7-17(14)21(16,18)19/h3-10H,11H2,1-2H3. The van der Waals surface area contributed by atoms with Crippen LogP contribution in [0.1, 0.15) is 16.7 Å². The normalized spacial score (nSPS) is 15.4. The fourth-order valence-corrected chi connectivity index (χ4v) is 3.85. The van der Waals surface area contributed by atoms with Gasteiger partial charge in [-0.05, 0) is 49.2 Å². The Labute approximate surface area is 124 Å². The van der Waals surface area contributed by atoms with Gasteiger partial charge in [-0.2, -0.15) is 0 Å². The van der Waals surface area contributed by atoms with E-state index in [-0.39, 0.29) is 6.61 Å². The quantitative estimate of drug-likeness (QED) is 0.871. The van der Waals surface area contributed by atoms with Gasteiger partial charge in [0.1, 0.15) is 12.4 Å². The number of hydrogen-bond donors (Lipinski definition) is 0. The molecule has 0 saturated carbocycles. The first-order valence-corrected chi connectivity index (χ1v) is 8.21. The molecule has 3 nitrogen and oxygen atoms in total. The lowest BCUT2D eigenvalue weighted by atomic mass is 10.1. The lowest BCUT2D eigenvalue weighted by Gasteiger charge is -2.08. The number of aryl methyl sites for hydroxylation is 2. The van der Waals surface area contributed by atoms with Crippen molar-refractivity contribution in [3.63, 3.8) is 0 Å². The van der Waals surface area contributed by atoms with E-state index in [1.165, 1.54) is 0 Å². The molecule has 0 aliphatic carbocycles. The predicted molar refractivity (Wildman–Crippen MR) is 83.0 cm³/mol. The molecular weight excluding hydrogens is 284 g/mol. The monoisotopic (exact) mass is 300 g/mol. The van der Waals surface area contributed by atoms with E-state index < -0.39 is 9.84 Å². The van der Waals surface area contributed by atoms with Crippen LogP contribution in [-0.4, -0.2) is 15.0 Å². The van der Waals surface area contributed by atoms with E-state index in [9.17, 15) is 8.42 Å². The third kappa shape index (κ3) is 2.59. The van der Waals surface area contributed by atoms with Crippen molar-refractivity contribution in [1.29, 1.82) is 0 Å². The molecule has 0 spiro atoms. The van der Waals surface area contributed by atoms with Crippen molar-refractivity contribution >= 4 is 15.9 Å². The Morgan fingerprint density at radius 3 is 2.52 bits per heavy atom. The van der Waals surface area contributed by atoms with Crippen molar-refractivity contribution < 1.29 is 13.2 Å². The van der Waals surface area contributed by atoms with E-state index in [0.717, 1.165) is 16.7 Å². The van der Waals surface area contributed by atoms with E-state index in [1.807, 2.05) is 50.2 Å². The second-order valence-electron chi connectivity index (χ2n) is 5.26. The highest BCUT2D eigenvalue weighted by molar-refractivity contribution is 7.95. The van der Waals surface area contributed by atoms with Gasteiger partial charge in [-0.3, -0.25) is 0 Å². The average molecular weight is 300 g/mol. The molecule has 0 N–H and O–H groups in total. The fraction of sp³-hybridized carbons (Fsp3) is 0.176. The van der Waals surface area contributed by atoms with Crippen molar-refractivity contribution in [1.82, 2.24) is 0 Å². The summed E-state index contributed by atoms with van der Waals surface area (Å²) >= 11 is 0. The summed E-state index contributed by atoms with van der Waals surface area (Å²) in [4.78, 5) is 0.681. The van der Waals surface area contributed by atoms with Crippen LogP contribution in [0.4, 0.5) is 0 Å². The topological polar surface area (TPSA) is 43.4 Å². The summed E-state index contributed by atoms with van der Waals surface area (Å²) in [7, 11) is -3.41. The van der Waals surface area contributed by atoms with Crippen LogP contribution in [0.25, 0.3) is 6.08 Å². The molecule has 0 unspecified atom stereocenters. The third-order valence-corrected chi connectivity index (χ3v) is 5.36. The molecule has 0 aromatic heterocycles. The van der Waals surface area contributed by atoms with E-state index in [0.29, 0.717) is 15.6 Å². The zero-order valence-corrected chi connectivity index (χ0v) is 12.8. The van der Waals surface area contributed by atoms with E-state index in [1.54, 1.807) is 12.1 Å². The SMILES string of the molecule is Cc1cccc(OCC2=Cc3cc(C)ccc3S2(=O)=O)c1. The van der Waals surface area contributed by atoms with Gasteiger partial charge in [-0.1, -0.05) is 29.8 Å². The number of rotatable bonds is 3. The van der Waals surface area contributed by atoms with Crippen LogP contribution in [0.2, 0.25) is 0 Å². The smallest absolute Gasteiger partial charge is 0.206 e. The largest absolute Gasteiger partial charge is 0.488 e. The molecule has 0 atom stereocenters. The van der Waals surface area contributed by atoms with Gasteiger partial charge < -0.3 is 4.74 Å². The van der Waals surface area contributed by atoms with Crippen molar-refractivity contribution in [3.8, 4) is 5.75 Å². The fourth-order valence-electron chi connectivity index (χ4n) is 2.40. The van der Waals surface area contributed by atoms with E-state index in [4.69, 9.17) is 4.74 Å². The molecule has 0 radical (unpaired) electrons. The molecular formula is C17H16O3S. The Bertz CT molecular complexity index is 833. The molecule has 21 heavy (non-hydrogen) atoms. The van der Waals surface area contributed by atoms with Crippen LogP contribution in [0, 0.1) is 13.8 Å². The Morgan fingerprint density at radius 2 is 1.76 bits per heavy atom. The van der Waals surface area contributed by atoms with Crippen LogP contribution >= 0.6 is 0 Å². The molecule has 1 aliphatic rings. The minimum absolute atomic E-state index is 0.0551. The molecule has 3 rings (SSSR count). The van der Waals surface area contributed by atoms with Gasteiger partial charge in [0.05, 0.1) is 9.80 Å². The predicted octanol–water partition coefficient (Wildman–Crippen LogP) is 3.51. The first kappa shape index (κ1) is 13.9. The molecule has 0 saturated heterocycles. The van der Waals surface area contributed by atoms with Crippen molar-refractivity contribution in [2.24, 2.45) is 0 Å². The van der Waals surface area contributed by atoms with Crippen LogP contribution in [0.3, 0.4) is 0 Å². The summed E-state index contributed by atoms with van der Waals surface area (Å²) < 4.78 is 30.5. The van der Waals surface area contributed by atoms with Crippen LogP contribution in [0.5, 0.6) is 5.75 Å². The van der Waals surface area contributed by atoms with Gasteiger partial charge in [-0.25, -0.2) is 8.42 Å². The maximum atomic E-state index is 12.4. The summed E-state index contributed by atoms with van der Waals surface area (Å²) in [6.07, 6.45) is 1.70. The van der Waals surface area contributed by atoms with Gasteiger partial charge in [0.2, 0.25) is 9.84 Å². The molecule has 0 fully saturated rings. The minimum Gasteiger partial charge on any atom is -0.488 e. The highest BCUT2D eigenvalue weighted by Gasteiger charge is 2.29. The maximum Gasteiger partial charge on any atom is 0.206 e. The minimum atomic E-state index is -3.41. The Balaban J connectivity index is 1.86.